The Balaban J connectivity index is 3.04. The molecule has 1 atom stereocenters. The van der Waals surface area contributed by atoms with E-state index in [2.05, 4.69) is 22.6 Å². The maximum absolute atomic E-state index is 10.9. The van der Waals surface area contributed by atoms with E-state index < -0.39 is 11.9 Å². The van der Waals surface area contributed by atoms with E-state index in [4.69, 9.17) is 19.9 Å². The summed E-state index contributed by atoms with van der Waals surface area (Å²) in [6, 6.07) is 7.40. The second-order valence-electron chi connectivity index (χ2n) is 3.40. The first-order valence-corrected chi connectivity index (χ1v) is 5.94. The number of amides is 1. The number of methoxy groups -OCH3 is 1. The third-order valence-corrected chi connectivity index (χ3v) is 3.05. The van der Waals surface area contributed by atoms with Crippen LogP contribution in [-0.2, 0) is 20.0 Å². The standard InChI is InChI=1S/C11H14INO4/c1-11(16-7-15-2,17-10(13)14)8-5-3-4-6-9(8)12/h3-6H,7H2,1-2H3,(H2,13,14). The van der Waals surface area contributed by atoms with Crippen LogP contribution in [0.5, 0.6) is 0 Å². The van der Waals surface area contributed by atoms with Gasteiger partial charge in [0, 0.05) is 23.2 Å². The molecule has 1 rings (SSSR count). The normalized spacial score (nSPS) is 14.1. The lowest BCUT2D eigenvalue weighted by atomic mass is 10.1. The first-order valence-electron chi connectivity index (χ1n) is 4.86. The summed E-state index contributed by atoms with van der Waals surface area (Å²) >= 11 is 2.13. The number of benzene rings is 1. The van der Waals surface area contributed by atoms with Crippen LogP contribution < -0.4 is 5.73 Å². The molecule has 5 nitrogen and oxygen atoms in total. The number of hydrogen-bond donors (Lipinski definition) is 1. The number of carbonyl (C=O) groups excluding carboxylic acids is 1. The second kappa shape index (κ2) is 6.18. The van der Waals surface area contributed by atoms with Gasteiger partial charge in [-0.25, -0.2) is 4.79 Å². The van der Waals surface area contributed by atoms with E-state index in [1.165, 1.54) is 7.11 Å². The van der Waals surface area contributed by atoms with Gasteiger partial charge in [0.1, 0.15) is 0 Å². The van der Waals surface area contributed by atoms with Gasteiger partial charge in [-0.3, -0.25) is 0 Å². The Kier molecular flexibility index (Phi) is 5.16. The molecule has 0 aliphatic carbocycles. The van der Waals surface area contributed by atoms with Gasteiger partial charge in [0.25, 0.3) is 0 Å². The van der Waals surface area contributed by atoms with Crippen molar-refractivity contribution in [1.29, 1.82) is 0 Å². The third-order valence-electron chi connectivity index (χ3n) is 2.11. The highest BCUT2D eigenvalue weighted by molar-refractivity contribution is 14.1. The molecule has 1 unspecified atom stereocenters. The van der Waals surface area contributed by atoms with Crippen LogP contribution in [0.1, 0.15) is 12.5 Å². The van der Waals surface area contributed by atoms with Crippen molar-refractivity contribution in [2.45, 2.75) is 12.7 Å². The van der Waals surface area contributed by atoms with Crippen LogP contribution in [0.3, 0.4) is 0 Å². The fraction of sp³-hybridized carbons (Fsp3) is 0.364. The van der Waals surface area contributed by atoms with Crippen molar-refractivity contribution in [3.05, 3.63) is 33.4 Å². The number of halogens is 1. The SMILES string of the molecule is COCOC(C)(OC(N)=O)c1ccccc1I. The Morgan fingerprint density at radius 2 is 2.12 bits per heavy atom. The fourth-order valence-corrected chi connectivity index (χ4v) is 2.23. The zero-order valence-corrected chi connectivity index (χ0v) is 11.8. The number of carbonyl (C=O) groups is 1. The molecule has 94 valence electrons. The molecule has 0 aliphatic rings. The summed E-state index contributed by atoms with van der Waals surface area (Å²) < 4.78 is 16.2. The number of ether oxygens (including phenoxy) is 3. The van der Waals surface area contributed by atoms with Gasteiger partial charge < -0.3 is 19.9 Å². The zero-order valence-electron chi connectivity index (χ0n) is 9.60. The zero-order chi connectivity index (χ0) is 12.9. The van der Waals surface area contributed by atoms with Crippen molar-refractivity contribution < 1.29 is 19.0 Å². The molecule has 0 fully saturated rings. The van der Waals surface area contributed by atoms with E-state index >= 15 is 0 Å². The monoisotopic (exact) mass is 351 g/mol. The topological polar surface area (TPSA) is 70.8 Å². The van der Waals surface area contributed by atoms with Crippen LogP contribution in [0.2, 0.25) is 0 Å². The Labute approximate surface area is 113 Å². The molecule has 0 bridgehead atoms. The molecular formula is C11H14INO4. The van der Waals surface area contributed by atoms with Gasteiger partial charge in [-0.1, -0.05) is 18.2 Å². The summed E-state index contributed by atoms with van der Waals surface area (Å²) in [5.74, 6) is -1.25. The average Bonchev–Trinajstić information content (AvgIpc) is 2.26. The third kappa shape index (κ3) is 3.83. The van der Waals surface area contributed by atoms with Crippen molar-refractivity contribution in [2.75, 3.05) is 13.9 Å². The molecule has 0 saturated carbocycles. The van der Waals surface area contributed by atoms with Gasteiger partial charge in [-0.15, -0.1) is 0 Å². The Bertz CT molecular complexity index is 399. The van der Waals surface area contributed by atoms with Gasteiger partial charge in [0.05, 0.1) is 0 Å². The average molecular weight is 351 g/mol. The first kappa shape index (κ1) is 14.2. The molecule has 0 aromatic heterocycles. The smallest absolute Gasteiger partial charge is 0.407 e. The van der Waals surface area contributed by atoms with Crippen molar-refractivity contribution in [3.63, 3.8) is 0 Å². The molecule has 0 aliphatic heterocycles. The maximum Gasteiger partial charge on any atom is 0.407 e. The molecule has 0 saturated heterocycles. The highest BCUT2D eigenvalue weighted by atomic mass is 127. The van der Waals surface area contributed by atoms with E-state index in [0.29, 0.717) is 0 Å². The van der Waals surface area contributed by atoms with Crippen molar-refractivity contribution >= 4 is 28.7 Å². The minimum atomic E-state index is -1.25. The molecule has 0 radical (unpaired) electrons. The van der Waals surface area contributed by atoms with Crippen LogP contribution in [0.15, 0.2) is 24.3 Å². The lowest BCUT2D eigenvalue weighted by Gasteiger charge is -2.29. The molecule has 6 heteroatoms. The van der Waals surface area contributed by atoms with E-state index in [0.717, 1.165) is 9.13 Å². The fourth-order valence-electron chi connectivity index (χ4n) is 1.36. The molecule has 2 N–H and O–H groups in total. The predicted octanol–water partition coefficient (Wildman–Crippen LogP) is 2.18. The summed E-state index contributed by atoms with van der Waals surface area (Å²) in [7, 11) is 1.49. The van der Waals surface area contributed by atoms with Crippen molar-refractivity contribution in [1.82, 2.24) is 0 Å². The summed E-state index contributed by atoms with van der Waals surface area (Å²) in [5, 5.41) is 0. The first-order chi connectivity index (χ1) is 7.99. The highest BCUT2D eigenvalue weighted by Gasteiger charge is 2.33. The predicted molar refractivity (Wildman–Crippen MR) is 70.1 cm³/mol. The molecular weight excluding hydrogens is 337 g/mol. The number of nitrogens with two attached hydrogens (primary N) is 1. The molecule has 1 aromatic rings. The number of hydrogen-bond acceptors (Lipinski definition) is 4. The van der Waals surface area contributed by atoms with E-state index in [1.807, 2.05) is 18.2 Å². The minimum Gasteiger partial charge on any atom is -0.413 e. The van der Waals surface area contributed by atoms with Crippen LogP contribution in [0, 0.1) is 3.57 Å². The summed E-state index contributed by atoms with van der Waals surface area (Å²) in [4.78, 5) is 10.9. The van der Waals surface area contributed by atoms with Crippen LogP contribution in [-0.4, -0.2) is 20.0 Å². The molecule has 17 heavy (non-hydrogen) atoms. The van der Waals surface area contributed by atoms with Gasteiger partial charge in [0.2, 0.25) is 5.79 Å². The minimum absolute atomic E-state index is 0.00520. The van der Waals surface area contributed by atoms with Crippen LogP contribution in [0.4, 0.5) is 4.79 Å². The summed E-state index contributed by atoms with van der Waals surface area (Å²) in [6.45, 7) is 1.61. The Morgan fingerprint density at radius 3 is 2.65 bits per heavy atom. The number of rotatable bonds is 5. The van der Waals surface area contributed by atoms with Crippen molar-refractivity contribution in [3.8, 4) is 0 Å². The van der Waals surface area contributed by atoms with Gasteiger partial charge in [0.15, 0.2) is 6.79 Å². The van der Waals surface area contributed by atoms with E-state index in [1.54, 1.807) is 13.0 Å². The summed E-state index contributed by atoms with van der Waals surface area (Å²) in [5.41, 5.74) is 5.77. The van der Waals surface area contributed by atoms with Gasteiger partial charge in [-0.2, -0.15) is 0 Å². The van der Waals surface area contributed by atoms with E-state index in [-0.39, 0.29) is 6.79 Å². The highest BCUT2D eigenvalue weighted by Crippen LogP contribution is 2.30. The lowest BCUT2D eigenvalue weighted by molar-refractivity contribution is -0.237. The second-order valence-corrected chi connectivity index (χ2v) is 4.56. The van der Waals surface area contributed by atoms with Crippen LogP contribution >= 0.6 is 22.6 Å². The molecule has 0 spiro atoms. The maximum atomic E-state index is 10.9. The van der Waals surface area contributed by atoms with E-state index in [9.17, 15) is 4.79 Å². The largest absolute Gasteiger partial charge is 0.413 e. The molecule has 1 amide bonds. The van der Waals surface area contributed by atoms with Gasteiger partial charge >= 0.3 is 6.09 Å². The Hall–Kier alpha value is -0.860. The summed E-state index contributed by atoms with van der Waals surface area (Å²) in [6.07, 6.45) is -0.900. The van der Waals surface area contributed by atoms with Crippen LogP contribution in [0.25, 0.3) is 0 Å². The molecule has 1 aromatic carbocycles. The quantitative estimate of drug-likeness (QED) is 0.652. The van der Waals surface area contributed by atoms with Gasteiger partial charge in [-0.05, 0) is 28.7 Å². The molecule has 0 heterocycles. The lowest BCUT2D eigenvalue weighted by Crippen LogP contribution is -2.36. The van der Waals surface area contributed by atoms with Crippen molar-refractivity contribution in [2.24, 2.45) is 5.73 Å². The number of primary amides is 1. The Morgan fingerprint density at radius 1 is 1.47 bits per heavy atom.